The fraction of sp³-hybridized carbons (Fsp3) is 0.0476. The third-order valence-electron chi connectivity index (χ3n) is 3.71. The number of rotatable bonds is 4. The van der Waals surface area contributed by atoms with E-state index in [-0.39, 0.29) is 5.91 Å². The molecule has 0 heterocycles. The van der Waals surface area contributed by atoms with Crippen LogP contribution in [0.1, 0.15) is 26.3 Å². The van der Waals surface area contributed by atoms with Crippen LogP contribution in [0.3, 0.4) is 0 Å². The van der Waals surface area contributed by atoms with Crippen molar-refractivity contribution in [2.75, 3.05) is 3.93 Å². The van der Waals surface area contributed by atoms with Crippen LogP contribution in [0.15, 0.2) is 78.9 Å². The molecule has 3 aromatic carbocycles. The minimum absolute atomic E-state index is 0.220. The molecule has 0 bridgehead atoms. The summed E-state index contributed by atoms with van der Waals surface area (Å²) in [6.07, 6.45) is 0. The summed E-state index contributed by atoms with van der Waals surface area (Å²) in [4.78, 5) is 25.0. The van der Waals surface area contributed by atoms with Crippen molar-refractivity contribution in [2.24, 2.45) is 0 Å². The lowest BCUT2D eigenvalue weighted by atomic mass is 10.1. The van der Waals surface area contributed by atoms with Gasteiger partial charge in [-0.3, -0.25) is 4.79 Å². The number of anilines is 1. The van der Waals surface area contributed by atoms with Gasteiger partial charge in [-0.25, -0.2) is 8.72 Å². The number of benzene rings is 3. The van der Waals surface area contributed by atoms with Gasteiger partial charge in [-0.1, -0.05) is 42.0 Å². The average molecular weight is 410 g/mol. The molecule has 0 aromatic heterocycles. The van der Waals surface area contributed by atoms with Crippen molar-refractivity contribution >= 4 is 33.7 Å². The van der Waals surface area contributed by atoms with Gasteiger partial charge in [0.1, 0.15) is 5.75 Å². The van der Waals surface area contributed by atoms with Gasteiger partial charge >= 0.3 is 5.97 Å². The highest BCUT2D eigenvalue weighted by Gasteiger charge is 2.17. The Labute approximate surface area is 160 Å². The van der Waals surface area contributed by atoms with Crippen LogP contribution in [0.2, 0.25) is 0 Å². The summed E-state index contributed by atoms with van der Waals surface area (Å²) in [5.41, 5.74) is 2.45. The Morgan fingerprint density at radius 1 is 0.846 bits per heavy atom. The fourth-order valence-corrected chi connectivity index (χ4v) is 2.84. The molecule has 0 radical (unpaired) electrons. The van der Waals surface area contributed by atoms with E-state index >= 15 is 0 Å². The Morgan fingerprint density at radius 3 is 2.27 bits per heavy atom. The standard InChI is InChI=1S/C21H16BrNO3/c1-15-7-5-8-16(13-15)20(24)23(22)18-10-6-9-17(14-18)21(25)26-19-11-3-2-4-12-19/h2-14H,1H3. The molecule has 4 nitrogen and oxygen atoms in total. The van der Waals surface area contributed by atoms with Gasteiger partial charge in [0.15, 0.2) is 0 Å². The molecule has 0 aliphatic carbocycles. The Kier molecular flexibility index (Phi) is 5.49. The number of para-hydroxylation sites is 1. The number of aryl methyl sites for hydroxylation is 1. The van der Waals surface area contributed by atoms with Gasteiger partial charge < -0.3 is 4.74 Å². The minimum atomic E-state index is -0.484. The SMILES string of the molecule is Cc1cccc(C(=O)N(Br)c2cccc(C(=O)Oc3ccccc3)c2)c1. The highest BCUT2D eigenvalue weighted by Crippen LogP contribution is 2.23. The Morgan fingerprint density at radius 2 is 1.54 bits per heavy atom. The van der Waals surface area contributed by atoms with Gasteiger partial charge in [-0.15, -0.1) is 0 Å². The highest BCUT2D eigenvalue weighted by atomic mass is 79.9. The molecule has 0 spiro atoms. The predicted octanol–water partition coefficient (Wildman–Crippen LogP) is 5.17. The topological polar surface area (TPSA) is 46.6 Å². The van der Waals surface area contributed by atoms with Crippen molar-refractivity contribution in [3.8, 4) is 5.75 Å². The molecule has 0 aliphatic rings. The van der Waals surface area contributed by atoms with Gasteiger partial charge in [-0.2, -0.15) is 0 Å². The second-order valence-electron chi connectivity index (χ2n) is 5.71. The molecule has 0 N–H and O–H groups in total. The molecule has 0 unspecified atom stereocenters. The zero-order valence-electron chi connectivity index (χ0n) is 14.1. The van der Waals surface area contributed by atoms with Crippen molar-refractivity contribution in [1.82, 2.24) is 0 Å². The molecular formula is C21H16BrNO3. The van der Waals surface area contributed by atoms with Crippen LogP contribution in [0.25, 0.3) is 0 Å². The Bertz CT molecular complexity index is 941. The number of amides is 1. The van der Waals surface area contributed by atoms with E-state index < -0.39 is 5.97 Å². The van der Waals surface area contributed by atoms with Crippen molar-refractivity contribution in [3.05, 3.63) is 95.6 Å². The molecule has 5 heteroatoms. The maximum atomic E-state index is 12.6. The van der Waals surface area contributed by atoms with Crippen molar-refractivity contribution in [3.63, 3.8) is 0 Å². The second kappa shape index (κ2) is 7.97. The molecule has 26 heavy (non-hydrogen) atoms. The summed E-state index contributed by atoms with van der Waals surface area (Å²) in [5, 5.41) is 0. The van der Waals surface area contributed by atoms with Crippen LogP contribution >= 0.6 is 16.1 Å². The van der Waals surface area contributed by atoms with E-state index in [4.69, 9.17) is 4.74 Å². The zero-order valence-corrected chi connectivity index (χ0v) is 15.6. The van der Waals surface area contributed by atoms with Crippen LogP contribution in [-0.2, 0) is 0 Å². The number of carbonyl (C=O) groups is 2. The van der Waals surface area contributed by atoms with Crippen LogP contribution in [0, 0.1) is 6.92 Å². The van der Waals surface area contributed by atoms with E-state index in [2.05, 4.69) is 16.1 Å². The lowest BCUT2D eigenvalue weighted by Gasteiger charge is -2.16. The fourth-order valence-electron chi connectivity index (χ4n) is 2.42. The van der Waals surface area contributed by atoms with Crippen molar-refractivity contribution < 1.29 is 14.3 Å². The maximum absolute atomic E-state index is 12.6. The monoisotopic (exact) mass is 409 g/mol. The second-order valence-corrected chi connectivity index (χ2v) is 6.42. The maximum Gasteiger partial charge on any atom is 0.343 e. The summed E-state index contributed by atoms with van der Waals surface area (Å²) in [7, 11) is 0. The normalized spacial score (nSPS) is 10.2. The lowest BCUT2D eigenvalue weighted by molar-refractivity contribution is 0.0734. The molecule has 0 aliphatic heterocycles. The molecule has 0 fully saturated rings. The third kappa shape index (κ3) is 4.18. The van der Waals surface area contributed by atoms with E-state index in [1.54, 1.807) is 54.6 Å². The number of carbonyl (C=O) groups excluding carboxylic acids is 2. The Balaban J connectivity index is 1.80. The van der Waals surface area contributed by atoms with E-state index in [1.165, 1.54) is 3.93 Å². The van der Waals surface area contributed by atoms with Crippen LogP contribution in [0.5, 0.6) is 5.75 Å². The molecule has 0 atom stereocenters. The first-order valence-corrected chi connectivity index (χ1v) is 8.70. The molecular weight excluding hydrogens is 394 g/mol. The van der Waals surface area contributed by atoms with E-state index in [1.807, 2.05) is 31.2 Å². The smallest absolute Gasteiger partial charge is 0.343 e. The van der Waals surface area contributed by atoms with Gasteiger partial charge in [0.25, 0.3) is 5.91 Å². The molecule has 1 amide bonds. The third-order valence-corrected chi connectivity index (χ3v) is 4.44. The number of ether oxygens (including phenoxy) is 1. The quantitative estimate of drug-likeness (QED) is 0.339. The lowest BCUT2D eigenvalue weighted by Crippen LogP contribution is -2.20. The van der Waals surface area contributed by atoms with Crippen molar-refractivity contribution in [1.29, 1.82) is 0 Å². The average Bonchev–Trinajstić information content (AvgIpc) is 2.67. The van der Waals surface area contributed by atoms with Crippen LogP contribution < -0.4 is 8.66 Å². The van der Waals surface area contributed by atoms with E-state index in [9.17, 15) is 9.59 Å². The molecule has 3 rings (SSSR count). The zero-order chi connectivity index (χ0) is 18.5. The summed E-state index contributed by atoms with van der Waals surface area (Å²) < 4.78 is 6.67. The first-order valence-electron chi connectivity index (χ1n) is 7.99. The number of hydrogen-bond acceptors (Lipinski definition) is 3. The van der Waals surface area contributed by atoms with Crippen molar-refractivity contribution in [2.45, 2.75) is 6.92 Å². The number of nitrogens with zero attached hydrogens (tertiary/aromatic N) is 1. The predicted molar refractivity (Wildman–Crippen MR) is 105 cm³/mol. The van der Waals surface area contributed by atoms with Gasteiger partial charge in [0.2, 0.25) is 0 Å². The van der Waals surface area contributed by atoms with E-state index in [0.717, 1.165) is 5.56 Å². The minimum Gasteiger partial charge on any atom is -0.423 e. The van der Waals surface area contributed by atoms with Gasteiger partial charge in [0.05, 0.1) is 27.4 Å². The molecule has 0 saturated heterocycles. The number of hydrogen-bond donors (Lipinski definition) is 0. The number of esters is 1. The first-order chi connectivity index (χ1) is 12.5. The van der Waals surface area contributed by atoms with Crippen LogP contribution in [-0.4, -0.2) is 11.9 Å². The van der Waals surface area contributed by atoms with Gasteiger partial charge in [0, 0.05) is 5.56 Å². The summed E-state index contributed by atoms with van der Waals surface area (Å²) >= 11 is 3.29. The van der Waals surface area contributed by atoms with Crippen LogP contribution in [0.4, 0.5) is 5.69 Å². The van der Waals surface area contributed by atoms with Gasteiger partial charge in [-0.05, 0) is 49.4 Å². The Hall–Kier alpha value is -2.92. The molecule has 0 saturated carbocycles. The number of halogens is 1. The summed E-state index contributed by atoms with van der Waals surface area (Å²) in [6, 6.07) is 22.8. The molecule has 130 valence electrons. The highest BCUT2D eigenvalue weighted by molar-refractivity contribution is 9.10. The summed E-state index contributed by atoms with van der Waals surface area (Å²) in [5.74, 6) is -0.237. The van der Waals surface area contributed by atoms with E-state index in [0.29, 0.717) is 22.6 Å². The largest absolute Gasteiger partial charge is 0.423 e. The summed E-state index contributed by atoms with van der Waals surface area (Å²) in [6.45, 7) is 1.93. The molecule has 3 aromatic rings. The first kappa shape index (κ1) is 17.9.